The van der Waals surface area contributed by atoms with Crippen LogP contribution in [-0.4, -0.2) is 52.8 Å². The molecule has 2 N–H and O–H groups in total. The van der Waals surface area contributed by atoms with Gasteiger partial charge in [0.1, 0.15) is 5.82 Å². The van der Waals surface area contributed by atoms with Crippen LogP contribution >= 0.6 is 11.6 Å². The lowest BCUT2D eigenvalue weighted by Gasteiger charge is -2.34. The lowest BCUT2D eigenvalue weighted by molar-refractivity contribution is -0.127. The number of hydrogen-bond donors (Lipinski definition) is 1. The number of benzene rings is 2. The number of piperazine rings is 1. The second-order valence-corrected chi connectivity index (χ2v) is 7.84. The van der Waals surface area contributed by atoms with Crippen molar-refractivity contribution in [1.29, 1.82) is 0 Å². The van der Waals surface area contributed by atoms with Gasteiger partial charge in [-0.2, -0.15) is 0 Å². The summed E-state index contributed by atoms with van der Waals surface area (Å²) in [4.78, 5) is 32.1. The third-order valence-corrected chi connectivity index (χ3v) is 5.64. The quantitative estimate of drug-likeness (QED) is 0.485. The molecule has 1 fully saturated rings. The molecule has 0 saturated carbocycles. The molecule has 2 heterocycles. The number of nitrogens with zero attached hydrogens (tertiary/aromatic N) is 3. The van der Waals surface area contributed by atoms with E-state index in [1.54, 1.807) is 46.3 Å². The van der Waals surface area contributed by atoms with Gasteiger partial charge in [-0.05, 0) is 42.5 Å². The van der Waals surface area contributed by atoms with E-state index in [0.29, 0.717) is 48.1 Å². The van der Waals surface area contributed by atoms with Crippen LogP contribution in [0.4, 0.5) is 5.82 Å². The zero-order valence-corrected chi connectivity index (χ0v) is 18.1. The van der Waals surface area contributed by atoms with Crippen LogP contribution in [0, 0.1) is 11.8 Å². The molecule has 2 aromatic carbocycles. The van der Waals surface area contributed by atoms with E-state index >= 15 is 0 Å². The number of anilines is 1. The number of carbonyl (C=O) groups excluding carboxylic acids is 2. The Hall–Kier alpha value is -3.82. The molecule has 7 heteroatoms. The molecule has 2 amide bonds. The zero-order chi connectivity index (χ0) is 22.7. The Morgan fingerprint density at radius 3 is 2.41 bits per heavy atom. The molecule has 1 aliphatic rings. The second kappa shape index (κ2) is 9.13. The monoisotopic (exact) mass is 444 g/mol. The fourth-order valence-electron chi connectivity index (χ4n) is 3.60. The molecule has 3 aromatic rings. The number of carbonyl (C=O) groups is 2. The van der Waals surface area contributed by atoms with Crippen LogP contribution in [0.25, 0.3) is 10.8 Å². The predicted molar refractivity (Wildman–Crippen MR) is 126 cm³/mol. The van der Waals surface area contributed by atoms with Crippen molar-refractivity contribution in [2.75, 3.05) is 31.9 Å². The van der Waals surface area contributed by atoms with Gasteiger partial charge in [-0.1, -0.05) is 36.1 Å². The highest BCUT2D eigenvalue weighted by molar-refractivity contribution is 6.31. The van der Waals surface area contributed by atoms with Crippen molar-refractivity contribution in [3.8, 4) is 11.8 Å². The SMILES string of the molecule is C=CC(=O)N1CCN(C(=O)c2ccc(C#Cc3c(N)ncc4ccc(Cl)cc34)cc2)CC1. The minimum absolute atomic E-state index is 0.0626. The van der Waals surface area contributed by atoms with E-state index in [0.717, 1.165) is 16.3 Å². The van der Waals surface area contributed by atoms with E-state index in [1.165, 1.54) is 6.08 Å². The van der Waals surface area contributed by atoms with Gasteiger partial charge in [-0.15, -0.1) is 0 Å². The number of halogens is 1. The lowest BCUT2D eigenvalue weighted by Crippen LogP contribution is -2.50. The van der Waals surface area contributed by atoms with Gasteiger partial charge in [0.15, 0.2) is 0 Å². The van der Waals surface area contributed by atoms with E-state index in [2.05, 4.69) is 23.4 Å². The first kappa shape index (κ1) is 21.4. The standard InChI is InChI=1S/C25H21ClN4O2/c1-2-23(31)29-11-13-30(14-12-29)25(32)18-6-3-17(4-7-18)5-10-21-22-15-20(26)9-8-19(22)16-28-24(21)27/h2-4,6-9,15-16H,1,11-14H2,(H2,27,28). The average Bonchev–Trinajstić information content (AvgIpc) is 2.83. The molecule has 6 nitrogen and oxygen atoms in total. The number of nitrogens with two attached hydrogens (primary N) is 1. The van der Waals surface area contributed by atoms with Crippen molar-refractivity contribution in [3.63, 3.8) is 0 Å². The minimum atomic E-state index is -0.107. The molecular formula is C25H21ClN4O2. The molecule has 0 atom stereocenters. The zero-order valence-electron chi connectivity index (χ0n) is 17.3. The number of pyridine rings is 1. The minimum Gasteiger partial charge on any atom is -0.383 e. The molecule has 0 bridgehead atoms. The number of hydrogen-bond acceptors (Lipinski definition) is 4. The highest BCUT2D eigenvalue weighted by atomic mass is 35.5. The summed E-state index contributed by atoms with van der Waals surface area (Å²) in [6, 6.07) is 12.6. The Morgan fingerprint density at radius 2 is 1.72 bits per heavy atom. The van der Waals surface area contributed by atoms with E-state index in [-0.39, 0.29) is 11.8 Å². The predicted octanol–water partition coefficient (Wildman–Crippen LogP) is 3.34. The van der Waals surface area contributed by atoms with E-state index in [1.807, 2.05) is 12.1 Å². The van der Waals surface area contributed by atoms with Crippen molar-refractivity contribution >= 4 is 40.0 Å². The topological polar surface area (TPSA) is 79.5 Å². The summed E-state index contributed by atoms with van der Waals surface area (Å²) in [6.07, 6.45) is 2.99. The highest BCUT2D eigenvalue weighted by Crippen LogP contribution is 2.25. The summed E-state index contributed by atoms with van der Waals surface area (Å²) >= 11 is 6.13. The first-order valence-electron chi connectivity index (χ1n) is 10.1. The molecule has 0 radical (unpaired) electrons. The Morgan fingerprint density at radius 1 is 1.03 bits per heavy atom. The van der Waals surface area contributed by atoms with Crippen LogP contribution < -0.4 is 5.73 Å². The van der Waals surface area contributed by atoms with E-state index in [4.69, 9.17) is 17.3 Å². The van der Waals surface area contributed by atoms with Crippen LogP contribution in [0.1, 0.15) is 21.5 Å². The summed E-state index contributed by atoms with van der Waals surface area (Å²) in [6.45, 7) is 5.51. The normalized spacial score (nSPS) is 13.4. The molecule has 1 saturated heterocycles. The van der Waals surface area contributed by atoms with Gasteiger partial charge in [0.2, 0.25) is 5.91 Å². The third kappa shape index (κ3) is 4.43. The largest absolute Gasteiger partial charge is 0.383 e. The molecule has 4 rings (SSSR count). The van der Waals surface area contributed by atoms with Gasteiger partial charge < -0.3 is 15.5 Å². The molecular weight excluding hydrogens is 424 g/mol. The van der Waals surface area contributed by atoms with Crippen LogP contribution in [0.3, 0.4) is 0 Å². The van der Waals surface area contributed by atoms with Gasteiger partial charge in [0.25, 0.3) is 5.91 Å². The summed E-state index contributed by atoms with van der Waals surface area (Å²) in [5.74, 6) is 6.36. The number of nitrogen functional groups attached to an aromatic ring is 1. The summed E-state index contributed by atoms with van der Waals surface area (Å²) in [7, 11) is 0. The Kier molecular flexibility index (Phi) is 6.11. The van der Waals surface area contributed by atoms with Gasteiger partial charge in [0, 0.05) is 59.3 Å². The van der Waals surface area contributed by atoms with Crippen LogP contribution in [0.2, 0.25) is 5.02 Å². The third-order valence-electron chi connectivity index (χ3n) is 5.40. The van der Waals surface area contributed by atoms with Crippen LogP contribution in [0.5, 0.6) is 0 Å². The highest BCUT2D eigenvalue weighted by Gasteiger charge is 2.23. The van der Waals surface area contributed by atoms with Crippen molar-refractivity contribution in [1.82, 2.24) is 14.8 Å². The van der Waals surface area contributed by atoms with Gasteiger partial charge in [0.05, 0.1) is 5.56 Å². The van der Waals surface area contributed by atoms with E-state index in [9.17, 15) is 9.59 Å². The smallest absolute Gasteiger partial charge is 0.253 e. The number of amides is 2. The van der Waals surface area contributed by atoms with Crippen LogP contribution in [0.15, 0.2) is 61.3 Å². The number of rotatable bonds is 2. The fourth-order valence-corrected chi connectivity index (χ4v) is 3.78. The summed E-state index contributed by atoms with van der Waals surface area (Å²) in [5.41, 5.74) is 8.00. The lowest BCUT2D eigenvalue weighted by atomic mass is 10.1. The van der Waals surface area contributed by atoms with Crippen molar-refractivity contribution < 1.29 is 9.59 Å². The Bertz CT molecular complexity index is 1260. The van der Waals surface area contributed by atoms with Gasteiger partial charge in [-0.3, -0.25) is 9.59 Å². The average molecular weight is 445 g/mol. The van der Waals surface area contributed by atoms with Crippen LogP contribution in [-0.2, 0) is 4.79 Å². The Balaban J connectivity index is 1.50. The van der Waals surface area contributed by atoms with Gasteiger partial charge in [-0.25, -0.2) is 4.98 Å². The second-order valence-electron chi connectivity index (χ2n) is 7.40. The van der Waals surface area contributed by atoms with E-state index < -0.39 is 0 Å². The Labute approximate surface area is 191 Å². The maximum atomic E-state index is 12.8. The molecule has 1 aliphatic heterocycles. The molecule has 1 aromatic heterocycles. The summed E-state index contributed by atoms with van der Waals surface area (Å²) in [5, 5.41) is 2.35. The van der Waals surface area contributed by atoms with Crippen molar-refractivity contribution in [2.24, 2.45) is 0 Å². The first-order chi connectivity index (χ1) is 15.5. The molecule has 0 aliphatic carbocycles. The molecule has 0 spiro atoms. The maximum Gasteiger partial charge on any atom is 0.253 e. The molecule has 160 valence electrons. The molecule has 0 unspecified atom stereocenters. The summed E-state index contributed by atoms with van der Waals surface area (Å²) < 4.78 is 0. The van der Waals surface area contributed by atoms with Gasteiger partial charge >= 0.3 is 0 Å². The molecule has 32 heavy (non-hydrogen) atoms. The number of aromatic nitrogens is 1. The fraction of sp³-hybridized carbons (Fsp3) is 0.160. The van der Waals surface area contributed by atoms with Crippen molar-refractivity contribution in [2.45, 2.75) is 0 Å². The maximum absolute atomic E-state index is 12.8. The number of fused-ring (bicyclic) bond motifs is 1. The van der Waals surface area contributed by atoms with Crippen molar-refractivity contribution in [3.05, 3.63) is 83.0 Å². The first-order valence-corrected chi connectivity index (χ1v) is 10.5.